The van der Waals surface area contributed by atoms with Crippen molar-refractivity contribution in [2.24, 2.45) is 0 Å². The molecule has 29 N–H and O–H groups in total. The molecule has 0 aliphatic rings. The number of imide groups is 1. The standard InChI is InChI=1S/C35H74N18O8.C18H42N8O6.C16H36N10O4.C12H26N8O4/c1-47(2)41-28(54)44-50(7)31(57)36-22-16-10-12-18-25-39-34(60)53(27-21-15-14-20-24-38-33(59)52(9)46-30(56)43-49(5)6)35(61)40-26-19-13-11-17-23-37-32(58)51(8)45-29(55)42-48(3)4;1-23(2)19-17(29)21-25(5)11-15(27)13-31-9-7-8-10-32-14-16(28)12-26(6)22-18(30)20-24(3)4;1-23(2)19-13(27)21-25(5)15(29)17-11-9-7-8-10-12-18-16(30)26(6)22-14(28)20-24(3)4;1-19(2)17-11(23)15-13-9(21)7-5-6-8-10(22)14-16-12(24)18-20(3)4/h10-27H2,1-9H3,(H,36,57)(H,37,58)(H,38,59)(H,39,60)(H,40,61)(H2,41,44,54)(H2,42,45,55)(H2,43,46,56);15-16,27-28H,7-14H2,1-6H3,(H2,19,21,29)(H2,20,22,30);7-12H2,1-6H3,(H,17,29)(H,18,30)(H2,19,21,27)(H2,20,22,28);5-8H2,1-4H3,(H,13,21)(H,14,22)(H2,15,17,23)(H2,16,18,24). The van der Waals surface area contributed by atoms with Gasteiger partial charge in [-0.15, -0.1) is 0 Å². The van der Waals surface area contributed by atoms with Gasteiger partial charge in [0.15, 0.2) is 0 Å². The van der Waals surface area contributed by atoms with Crippen LogP contribution in [-0.4, -0.2) is 484 Å². The number of carbonyl (C=O) groups excluding carboxylic acids is 18. The Bertz CT molecular complexity index is 3520. The lowest BCUT2D eigenvalue weighted by molar-refractivity contribution is -0.123. The van der Waals surface area contributed by atoms with Gasteiger partial charge < -0.3 is 56.9 Å². The summed E-state index contributed by atoms with van der Waals surface area (Å²) in [7, 11) is 40.3. The van der Waals surface area contributed by atoms with Crippen molar-refractivity contribution in [3.05, 3.63) is 0 Å². The van der Waals surface area contributed by atoms with Gasteiger partial charge in [-0.1, -0.05) is 51.4 Å². The van der Waals surface area contributed by atoms with E-state index < -0.39 is 109 Å². The fraction of sp³-hybridized carbons (Fsp3) is 0.778. The van der Waals surface area contributed by atoms with Gasteiger partial charge in [-0.25, -0.2) is 200 Å². The van der Waals surface area contributed by atoms with Crippen LogP contribution < -0.4 is 146 Å². The zero-order valence-corrected chi connectivity index (χ0v) is 90.8. The fourth-order valence-electron chi connectivity index (χ4n) is 11.1. The molecule has 0 saturated carbocycles. The molecule has 0 aliphatic heterocycles. The molecule has 0 radical (unpaired) electrons. The molecule has 0 bridgehead atoms. The van der Waals surface area contributed by atoms with Crippen LogP contribution in [-0.2, 0) is 19.1 Å². The van der Waals surface area contributed by atoms with Gasteiger partial charge in [-0.2, -0.15) is 0 Å². The number of rotatable bonds is 57. The van der Waals surface area contributed by atoms with Crippen molar-refractivity contribution >= 4 is 108 Å². The first-order valence-corrected chi connectivity index (χ1v) is 47.7. The average molecular weight is 2120 g/mol. The highest BCUT2D eigenvalue weighted by Crippen LogP contribution is 2.08. The molecule has 0 fully saturated rings. The first-order chi connectivity index (χ1) is 69.0. The number of hydrazine groups is 18. The summed E-state index contributed by atoms with van der Waals surface area (Å²) in [6.07, 6.45) is 13.0. The lowest BCUT2D eigenvalue weighted by Crippen LogP contribution is -2.53. The van der Waals surface area contributed by atoms with Crippen LogP contribution in [0.5, 0.6) is 0 Å². The molecular weight excluding hydrogens is 1940 g/mol. The maximum absolute atomic E-state index is 13.2. The van der Waals surface area contributed by atoms with Crippen LogP contribution in [0.2, 0.25) is 0 Å². The molecule has 2 atom stereocenters. The fourth-order valence-corrected chi connectivity index (χ4v) is 11.1. The summed E-state index contributed by atoms with van der Waals surface area (Å²) >= 11 is 0. The van der Waals surface area contributed by atoms with Crippen molar-refractivity contribution in [3.8, 4) is 0 Å². The van der Waals surface area contributed by atoms with Crippen LogP contribution in [0.25, 0.3) is 0 Å². The van der Waals surface area contributed by atoms with Crippen LogP contribution in [0.3, 0.4) is 0 Å². The van der Waals surface area contributed by atoms with Gasteiger partial charge in [-0.3, -0.25) is 80.1 Å². The van der Waals surface area contributed by atoms with Gasteiger partial charge in [-0.05, 0) is 77.0 Å². The van der Waals surface area contributed by atoms with Crippen LogP contribution >= 0.6 is 0 Å². The number of nitrogens with one attached hydrogen (secondary N) is 27. The molecule has 0 heterocycles. The number of unbranched alkanes of at least 4 members (excludes halogenated alkanes) is 14. The van der Waals surface area contributed by atoms with Crippen molar-refractivity contribution in [1.82, 2.24) is 231 Å². The summed E-state index contributed by atoms with van der Waals surface area (Å²) in [5.41, 5.74) is 48.0. The Morgan fingerprint density at radius 3 is 0.612 bits per heavy atom. The van der Waals surface area contributed by atoms with Crippen LogP contribution in [0.1, 0.15) is 141 Å². The van der Waals surface area contributed by atoms with Gasteiger partial charge in [0.2, 0.25) is 11.8 Å². The normalized spacial score (nSPS) is 11.1. The molecule has 0 aromatic carbocycles. The molecular formula is C81H178N44O22. The summed E-state index contributed by atoms with van der Waals surface area (Å²) in [4.78, 5) is 214. The molecule has 0 spiro atoms. The molecule has 66 heteroatoms. The zero-order valence-electron chi connectivity index (χ0n) is 90.8. The second kappa shape index (κ2) is 87.1. The molecule has 147 heavy (non-hydrogen) atoms. The predicted molar refractivity (Wildman–Crippen MR) is 544 cm³/mol. The Morgan fingerprint density at radius 2 is 0.401 bits per heavy atom. The maximum Gasteiger partial charge on any atom is 0.348 e. The molecule has 854 valence electrons. The summed E-state index contributed by atoms with van der Waals surface area (Å²) in [5.74, 6) is -0.736. The number of hydrogen-bond acceptors (Lipinski definition) is 33. The van der Waals surface area contributed by atoms with E-state index in [-0.39, 0.29) is 57.5 Å². The first-order valence-electron chi connectivity index (χ1n) is 47.7. The molecule has 2 unspecified atom stereocenters. The van der Waals surface area contributed by atoms with Crippen molar-refractivity contribution < 1.29 is 106 Å². The minimum absolute atomic E-state index is 0.154. The van der Waals surface area contributed by atoms with E-state index in [1.165, 1.54) is 95.2 Å². The highest BCUT2D eigenvalue weighted by molar-refractivity contribution is 5.93. The second-order valence-electron chi connectivity index (χ2n) is 34.5. The number of carbonyl (C=O) groups is 18. The van der Waals surface area contributed by atoms with Crippen molar-refractivity contribution in [1.29, 1.82) is 0 Å². The average Bonchev–Trinajstić information content (AvgIpc) is 0.884. The third-order valence-electron chi connectivity index (χ3n) is 17.5. The monoisotopic (exact) mass is 2120 g/mol. The van der Waals surface area contributed by atoms with Crippen LogP contribution in [0.15, 0.2) is 0 Å². The number of aliphatic hydroxyl groups is 2. The quantitative estimate of drug-likeness (QED) is 0.0202. The van der Waals surface area contributed by atoms with E-state index in [4.69, 9.17) is 9.47 Å². The third-order valence-corrected chi connectivity index (χ3v) is 17.5. The van der Waals surface area contributed by atoms with E-state index in [0.29, 0.717) is 117 Å². The minimum Gasteiger partial charge on any atom is -0.389 e. The number of nitrogens with zero attached hydrogens (tertiary/aromatic N) is 17. The zero-order chi connectivity index (χ0) is 112. The number of likely N-dealkylation sites (N-methyl/N-ethyl adjacent to an activating group) is 2. The Balaban J connectivity index is -0.00000100. The van der Waals surface area contributed by atoms with Gasteiger partial charge in [0, 0.05) is 268 Å². The molecule has 0 aromatic heterocycles. The van der Waals surface area contributed by atoms with Gasteiger partial charge in [0.1, 0.15) is 0 Å². The Morgan fingerprint density at radius 1 is 0.211 bits per heavy atom. The highest BCUT2D eigenvalue weighted by Gasteiger charge is 2.24. The molecule has 66 nitrogen and oxygen atoms in total. The molecule has 34 amide bonds. The van der Waals surface area contributed by atoms with Gasteiger partial charge >= 0.3 is 96.5 Å². The lowest BCUT2D eigenvalue weighted by Gasteiger charge is -2.23. The van der Waals surface area contributed by atoms with E-state index >= 15 is 0 Å². The Labute approximate surface area is 863 Å². The van der Waals surface area contributed by atoms with Crippen molar-refractivity contribution in [2.45, 2.75) is 153 Å². The summed E-state index contributed by atoms with van der Waals surface area (Å²) in [5, 5.41) is 60.5. The number of urea groups is 16. The Kier molecular flexibility index (Phi) is 83.0. The van der Waals surface area contributed by atoms with Crippen LogP contribution in [0.4, 0.5) is 76.7 Å². The summed E-state index contributed by atoms with van der Waals surface area (Å²) in [6.45, 7) is 4.72. The van der Waals surface area contributed by atoms with Gasteiger partial charge in [0.05, 0.1) is 25.4 Å². The van der Waals surface area contributed by atoms with E-state index in [1.807, 2.05) is 0 Å². The maximum atomic E-state index is 13.2. The van der Waals surface area contributed by atoms with Gasteiger partial charge in [0.25, 0.3) is 0 Å². The van der Waals surface area contributed by atoms with E-state index in [9.17, 15) is 96.5 Å². The topological polar surface area (TPSA) is 746 Å². The Hall–Kier alpha value is -13.1. The molecule has 0 aliphatic carbocycles. The number of aliphatic hydroxyl groups excluding tert-OH is 2. The predicted octanol–water partition coefficient (Wildman–Crippen LogP) is -4.48. The molecule has 0 rings (SSSR count). The van der Waals surface area contributed by atoms with Crippen molar-refractivity contribution in [3.63, 3.8) is 0 Å². The smallest absolute Gasteiger partial charge is 0.348 e. The molecule has 0 saturated heterocycles. The SMILES string of the molecule is CN(C)NC(=O)NN(C)C(=O)NCCCCCCNC(=O)N(C)NC(=O)NN(C)C.CN(C)NC(=O)NN(C)C(=O)NCCCCCCNC(=O)N(CCCCCCNC(=O)N(C)NC(=O)NN(C)C)C(=O)NCCCCCCNC(=O)N(C)NC(=O)NN(C)C.CN(C)NC(=O)NN(C)CC(O)COCCCCOCC(O)CN(C)NC(=O)NN(C)C.CN(C)NC(=O)NNC(=O)CCCCC(=O)NNC(=O)NN(C)C. The number of hydrogen-bond donors (Lipinski definition) is 29. The number of ether oxygens (including phenoxy) is 2. The van der Waals surface area contributed by atoms with Crippen molar-refractivity contribution in [2.75, 3.05) is 268 Å². The third kappa shape index (κ3) is 91.3. The lowest BCUT2D eigenvalue weighted by atomic mass is 10.2. The second-order valence-corrected chi connectivity index (χ2v) is 34.5. The van der Waals surface area contributed by atoms with E-state index in [1.54, 1.807) is 141 Å². The highest BCUT2D eigenvalue weighted by atomic mass is 16.5. The summed E-state index contributed by atoms with van der Waals surface area (Å²) < 4.78 is 10.9. The van der Waals surface area contributed by atoms with E-state index in [2.05, 4.69) is 146 Å². The first kappa shape index (κ1) is 140. The summed E-state index contributed by atoms with van der Waals surface area (Å²) in [6, 6.07) is -7.82. The number of amides is 34. The molecule has 0 aromatic rings. The largest absolute Gasteiger partial charge is 0.389 e. The van der Waals surface area contributed by atoms with Crippen LogP contribution in [0, 0.1) is 0 Å². The van der Waals surface area contributed by atoms with E-state index in [0.717, 1.165) is 95.7 Å². The minimum atomic E-state index is -0.739.